The third kappa shape index (κ3) is 3.98. The number of allylic oxidation sites excluding steroid dienone is 1. The van der Waals surface area contributed by atoms with E-state index in [9.17, 15) is 4.79 Å². The summed E-state index contributed by atoms with van der Waals surface area (Å²) in [7, 11) is 0. The van der Waals surface area contributed by atoms with E-state index in [0.717, 1.165) is 33.5 Å². The second kappa shape index (κ2) is 9.44. The summed E-state index contributed by atoms with van der Waals surface area (Å²) < 4.78 is 0. The van der Waals surface area contributed by atoms with Crippen molar-refractivity contribution < 1.29 is 9.63 Å². The van der Waals surface area contributed by atoms with Gasteiger partial charge < -0.3 is 0 Å². The summed E-state index contributed by atoms with van der Waals surface area (Å²) in [6, 6.07) is 38.1. The van der Waals surface area contributed by atoms with Gasteiger partial charge in [0, 0.05) is 11.5 Å². The number of carbonyl (C=O) groups excluding carboxylic acids is 1. The van der Waals surface area contributed by atoms with Gasteiger partial charge in [0.1, 0.15) is 12.1 Å². The Bertz CT molecular complexity index is 1380. The lowest BCUT2D eigenvalue weighted by molar-refractivity contribution is 0.0885. The molecule has 4 aromatic carbocycles. The lowest BCUT2D eigenvalue weighted by Crippen LogP contribution is -2.40. The second-order valence-electron chi connectivity index (χ2n) is 9.35. The molecule has 0 unspecified atom stereocenters. The van der Waals surface area contributed by atoms with Crippen LogP contribution in [0.15, 0.2) is 133 Å². The van der Waals surface area contributed by atoms with E-state index in [1.807, 2.05) is 78.7 Å². The highest BCUT2D eigenvalue weighted by Gasteiger charge is 2.50. The van der Waals surface area contributed by atoms with Crippen LogP contribution >= 0.6 is 0 Å². The number of aryl methyl sites for hydroxylation is 1. The molecule has 3 nitrogen and oxygen atoms in total. The van der Waals surface area contributed by atoms with Crippen molar-refractivity contribution in [2.75, 3.05) is 5.06 Å². The summed E-state index contributed by atoms with van der Waals surface area (Å²) in [6.45, 7) is 2.03. The first kappa shape index (κ1) is 22.3. The number of para-hydroxylation sites is 1. The average molecular weight is 470 g/mol. The van der Waals surface area contributed by atoms with Gasteiger partial charge in [-0.3, -0.25) is 9.63 Å². The van der Waals surface area contributed by atoms with E-state index in [4.69, 9.17) is 4.84 Å². The van der Waals surface area contributed by atoms with Gasteiger partial charge in [-0.05, 0) is 41.3 Å². The number of ketones is 1. The zero-order valence-electron chi connectivity index (χ0n) is 20.1. The molecule has 1 aliphatic heterocycles. The fourth-order valence-corrected chi connectivity index (χ4v) is 5.31. The zero-order chi connectivity index (χ0) is 24.5. The monoisotopic (exact) mass is 469 g/mol. The molecule has 6 rings (SSSR count). The highest BCUT2D eigenvalue weighted by Crippen LogP contribution is 2.46. The molecule has 4 aromatic rings. The Labute approximate surface area is 211 Å². The highest BCUT2D eigenvalue weighted by atomic mass is 16.7. The van der Waals surface area contributed by atoms with Crippen LogP contribution in [0.5, 0.6) is 0 Å². The van der Waals surface area contributed by atoms with Gasteiger partial charge in [0.25, 0.3) is 0 Å². The van der Waals surface area contributed by atoms with E-state index >= 15 is 0 Å². The quantitative estimate of drug-likeness (QED) is 0.293. The second-order valence-corrected chi connectivity index (χ2v) is 9.35. The standard InChI is InChI=1S/C33H27NO2/c1-23-17-19-26(20-18-23)33(35)32-31-28(21-22-29(31)36-34(32)27-15-9-4-10-16-27)30(24-11-5-2-6-12-24)25-13-7-3-8-14-25/h2-22,29,31-32H,1H3/t29-,31+,32+/m1/s1. The Kier molecular flexibility index (Phi) is 5.84. The molecule has 0 aromatic heterocycles. The predicted octanol–water partition coefficient (Wildman–Crippen LogP) is 7.05. The SMILES string of the molecule is Cc1ccc(C(=O)[C@@H]2[C@H]3C(=C(c4ccccc4)c4ccccc4)C=C[C@H]3ON2c2ccccc2)cc1. The predicted molar refractivity (Wildman–Crippen MR) is 145 cm³/mol. The van der Waals surface area contributed by atoms with Gasteiger partial charge in [-0.15, -0.1) is 0 Å². The first-order valence-electron chi connectivity index (χ1n) is 12.4. The van der Waals surface area contributed by atoms with Crippen LogP contribution in [0.4, 0.5) is 5.69 Å². The van der Waals surface area contributed by atoms with Gasteiger partial charge in [-0.1, -0.05) is 121 Å². The van der Waals surface area contributed by atoms with Crippen LogP contribution in [0.3, 0.4) is 0 Å². The number of Topliss-reactive ketones (excluding diaryl/α,β-unsaturated/α-hetero) is 1. The van der Waals surface area contributed by atoms with Crippen molar-refractivity contribution in [2.24, 2.45) is 5.92 Å². The van der Waals surface area contributed by atoms with Crippen molar-refractivity contribution in [1.29, 1.82) is 0 Å². The van der Waals surface area contributed by atoms with Crippen LogP contribution in [0.25, 0.3) is 5.57 Å². The van der Waals surface area contributed by atoms with E-state index in [-0.39, 0.29) is 17.8 Å². The Balaban J connectivity index is 1.53. The van der Waals surface area contributed by atoms with E-state index < -0.39 is 6.04 Å². The van der Waals surface area contributed by atoms with Crippen LogP contribution in [0, 0.1) is 12.8 Å². The van der Waals surface area contributed by atoms with Crippen molar-refractivity contribution in [3.05, 3.63) is 155 Å². The van der Waals surface area contributed by atoms with Gasteiger partial charge >= 0.3 is 0 Å². The molecular formula is C33H27NO2. The first-order valence-corrected chi connectivity index (χ1v) is 12.4. The van der Waals surface area contributed by atoms with E-state index in [1.54, 1.807) is 0 Å². The summed E-state index contributed by atoms with van der Waals surface area (Å²) in [4.78, 5) is 20.6. The molecule has 1 heterocycles. The largest absolute Gasteiger partial charge is 0.292 e. The fraction of sp³-hybridized carbons (Fsp3) is 0.121. The lowest BCUT2D eigenvalue weighted by Gasteiger charge is -2.27. The molecule has 1 fully saturated rings. The zero-order valence-corrected chi connectivity index (χ0v) is 20.1. The van der Waals surface area contributed by atoms with Gasteiger partial charge in [0.2, 0.25) is 0 Å². The van der Waals surface area contributed by atoms with Crippen LogP contribution in [-0.4, -0.2) is 17.9 Å². The van der Waals surface area contributed by atoms with Crippen molar-refractivity contribution in [1.82, 2.24) is 0 Å². The molecule has 1 aliphatic carbocycles. The summed E-state index contributed by atoms with van der Waals surface area (Å²) in [5, 5.41) is 1.83. The molecule has 0 N–H and O–H groups in total. The molecule has 1 saturated heterocycles. The minimum Gasteiger partial charge on any atom is -0.292 e. The first-order chi connectivity index (χ1) is 17.7. The van der Waals surface area contributed by atoms with Gasteiger partial charge in [0.05, 0.1) is 5.69 Å². The Morgan fingerprint density at radius 2 is 1.25 bits per heavy atom. The third-order valence-corrected chi connectivity index (χ3v) is 7.04. The molecular weight excluding hydrogens is 442 g/mol. The smallest absolute Gasteiger partial charge is 0.188 e. The van der Waals surface area contributed by atoms with E-state index in [1.165, 1.54) is 0 Å². The number of carbonyl (C=O) groups is 1. The topological polar surface area (TPSA) is 29.5 Å². The average Bonchev–Trinajstić information content (AvgIpc) is 3.51. The number of hydrogen-bond donors (Lipinski definition) is 0. The molecule has 176 valence electrons. The summed E-state index contributed by atoms with van der Waals surface area (Å²) in [6.07, 6.45) is 4.04. The van der Waals surface area contributed by atoms with Crippen molar-refractivity contribution in [2.45, 2.75) is 19.1 Å². The van der Waals surface area contributed by atoms with E-state index in [0.29, 0.717) is 5.56 Å². The molecule has 0 bridgehead atoms. The summed E-state index contributed by atoms with van der Waals surface area (Å²) in [5.74, 6) is -0.0811. The van der Waals surface area contributed by atoms with Crippen molar-refractivity contribution >= 4 is 17.0 Å². The number of rotatable bonds is 5. The summed E-state index contributed by atoms with van der Waals surface area (Å²) >= 11 is 0. The van der Waals surface area contributed by atoms with Crippen LogP contribution in [-0.2, 0) is 4.84 Å². The third-order valence-electron chi connectivity index (χ3n) is 7.04. The van der Waals surface area contributed by atoms with Gasteiger partial charge in [-0.25, -0.2) is 5.06 Å². The highest BCUT2D eigenvalue weighted by molar-refractivity contribution is 6.03. The van der Waals surface area contributed by atoms with Crippen LogP contribution < -0.4 is 5.06 Å². The molecule has 0 radical (unpaired) electrons. The maximum atomic E-state index is 14.2. The number of nitrogens with zero attached hydrogens (tertiary/aromatic N) is 1. The van der Waals surface area contributed by atoms with Crippen molar-refractivity contribution in [3.63, 3.8) is 0 Å². The van der Waals surface area contributed by atoms with Crippen LogP contribution in [0.1, 0.15) is 27.0 Å². The number of anilines is 1. The molecule has 36 heavy (non-hydrogen) atoms. The number of fused-ring (bicyclic) bond motifs is 1. The van der Waals surface area contributed by atoms with Gasteiger partial charge in [-0.2, -0.15) is 0 Å². The number of hydroxylamine groups is 1. The number of hydrogen-bond acceptors (Lipinski definition) is 3. The molecule has 3 atom stereocenters. The molecule has 0 saturated carbocycles. The Morgan fingerprint density at radius 3 is 1.83 bits per heavy atom. The normalized spacial score (nSPS) is 20.4. The maximum absolute atomic E-state index is 14.2. The molecule has 0 amide bonds. The minimum absolute atomic E-state index is 0.0630. The Hall–Kier alpha value is -4.21. The molecule has 2 aliphatic rings. The van der Waals surface area contributed by atoms with Crippen molar-refractivity contribution in [3.8, 4) is 0 Å². The van der Waals surface area contributed by atoms with Gasteiger partial charge in [0.15, 0.2) is 5.78 Å². The van der Waals surface area contributed by atoms with E-state index in [2.05, 4.69) is 60.7 Å². The minimum atomic E-state index is -0.493. The fourth-order valence-electron chi connectivity index (χ4n) is 5.31. The maximum Gasteiger partial charge on any atom is 0.188 e. The lowest BCUT2D eigenvalue weighted by atomic mass is 9.81. The molecule has 3 heteroatoms. The summed E-state index contributed by atoms with van der Waals surface area (Å²) in [5.41, 5.74) is 7.23. The number of benzene rings is 4. The van der Waals surface area contributed by atoms with Crippen LogP contribution in [0.2, 0.25) is 0 Å². The molecule has 0 spiro atoms. The Morgan fingerprint density at radius 1 is 0.694 bits per heavy atom.